The molecule has 2 heteroatoms. The highest BCUT2D eigenvalue weighted by atomic mass is 16.5. The highest BCUT2D eigenvalue weighted by molar-refractivity contribution is 5.27. The summed E-state index contributed by atoms with van der Waals surface area (Å²) in [7, 11) is 0. The molecule has 1 aromatic rings. The Hall–Kier alpha value is -1.54. The molecule has 0 saturated carbocycles. The van der Waals surface area contributed by atoms with Crippen molar-refractivity contribution in [1.29, 1.82) is 0 Å². The van der Waals surface area contributed by atoms with E-state index in [-0.39, 0.29) is 0 Å². The van der Waals surface area contributed by atoms with Crippen LogP contribution in [0.3, 0.4) is 0 Å². The first-order valence-corrected chi connectivity index (χ1v) is 6.01. The molecule has 0 aromatic heterocycles. The van der Waals surface area contributed by atoms with E-state index in [1.807, 2.05) is 19.1 Å². The minimum absolute atomic E-state index is 0.556. The summed E-state index contributed by atoms with van der Waals surface area (Å²) in [5.41, 5.74) is 1.27. The van der Waals surface area contributed by atoms with Crippen molar-refractivity contribution in [1.82, 2.24) is 5.32 Å². The first-order valence-electron chi connectivity index (χ1n) is 6.01. The van der Waals surface area contributed by atoms with E-state index in [1.54, 1.807) is 6.08 Å². The van der Waals surface area contributed by atoms with E-state index in [0.29, 0.717) is 6.61 Å². The lowest BCUT2D eigenvalue weighted by Gasteiger charge is -2.06. The lowest BCUT2D eigenvalue weighted by molar-refractivity contribution is 0.363. The second-order valence-electron chi connectivity index (χ2n) is 3.78. The van der Waals surface area contributed by atoms with E-state index < -0.39 is 0 Å². The average Bonchev–Trinajstić information content (AvgIpc) is 2.37. The lowest BCUT2D eigenvalue weighted by atomic mass is 10.2. The minimum atomic E-state index is 0.556. The smallest absolute Gasteiger partial charge is 0.119 e. The fraction of sp³-hybridized carbons (Fsp3) is 0.333. The standard InChI is InChI=1S/C15H21NO/c1-3-5-6-11-16-13-14-7-9-15(10-8-14)17-12-4-2/h3-5,7-10,16H,2,6,11-13H2,1H3/b5-3+. The van der Waals surface area contributed by atoms with Gasteiger partial charge < -0.3 is 10.1 Å². The van der Waals surface area contributed by atoms with Crippen LogP contribution < -0.4 is 10.1 Å². The van der Waals surface area contributed by atoms with Crippen molar-refractivity contribution in [2.45, 2.75) is 19.9 Å². The van der Waals surface area contributed by atoms with Crippen molar-refractivity contribution in [2.24, 2.45) is 0 Å². The quantitative estimate of drug-likeness (QED) is 0.547. The van der Waals surface area contributed by atoms with Crippen molar-refractivity contribution in [3.8, 4) is 5.75 Å². The number of hydrogen-bond donors (Lipinski definition) is 1. The summed E-state index contributed by atoms with van der Waals surface area (Å²) in [4.78, 5) is 0. The van der Waals surface area contributed by atoms with Gasteiger partial charge in [-0.15, -0.1) is 0 Å². The first-order chi connectivity index (χ1) is 8.36. The summed E-state index contributed by atoms with van der Waals surface area (Å²) < 4.78 is 5.42. The van der Waals surface area contributed by atoms with Crippen LogP contribution in [0.1, 0.15) is 18.9 Å². The number of ether oxygens (including phenoxy) is 1. The van der Waals surface area contributed by atoms with Gasteiger partial charge in [-0.2, -0.15) is 0 Å². The molecule has 0 fully saturated rings. The molecule has 0 heterocycles. The van der Waals surface area contributed by atoms with Gasteiger partial charge in [0.25, 0.3) is 0 Å². The van der Waals surface area contributed by atoms with Crippen LogP contribution in [0.5, 0.6) is 5.75 Å². The third-order valence-electron chi connectivity index (χ3n) is 2.34. The molecule has 1 rings (SSSR count). The molecule has 0 bridgehead atoms. The van der Waals surface area contributed by atoms with Gasteiger partial charge >= 0.3 is 0 Å². The molecule has 0 aliphatic rings. The van der Waals surface area contributed by atoms with Crippen molar-refractivity contribution in [2.75, 3.05) is 13.2 Å². The van der Waals surface area contributed by atoms with Crippen LogP contribution in [0.2, 0.25) is 0 Å². The van der Waals surface area contributed by atoms with Crippen LogP contribution in [0, 0.1) is 0 Å². The second kappa shape index (κ2) is 8.59. The Bertz CT molecular complexity index is 340. The topological polar surface area (TPSA) is 21.3 Å². The molecular weight excluding hydrogens is 210 g/mol. The molecule has 92 valence electrons. The van der Waals surface area contributed by atoms with Crippen LogP contribution in [-0.4, -0.2) is 13.2 Å². The molecular formula is C15H21NO. The lowest BCUT2D eigenvalue weighted by Crippen LogP contribution is -2.13. The maximum absolute atomic E-state index is 5.42. The van der Waals surface area contributed by atoms with Gasteiger partial charge in [0.1, 0.15) is 12.4 Å². The number of hydrogen-bond acceptors (Lipinski definition) is 2. The fourth-order valence-corrected chi connectivity index (χ4v) is 1.44. The zero-order chi connectivity index (χ0) is 12.3. The first kappa shape index (κ1) is 13.5. The van der Waals surface area contributed by atoms with Gasteiger partial charge in [0, 0.05) is 6.54 Å². The summed E-state index contributed by atoms with van der Waals surface area (Å²) in [6, 6.07) is 8.15. The van der Waals surface area contributed by atoms with Gasteiger partial charge in [0.05, 0.1) is 0 Å². The Kier molecular flexibility index (Phi) is 6.84. The molecule has 2 nitrogen and oxygen atoms in total. The SMILES string of the molecule is C=CCOc1ccc(CNCC/C=C/C)cc1. The molecule has 0 unspecified atom stereocenters. The summed E-state index contributed by atoms with van der Waals surface area (Å²) in [5.74, 6) is 0.891. The molecule has 0 saturated heterocycles. The molecule has 17 heavy (non-hydrogen) atoms. The third kappa shape index (κ3) is 5.93. The van der Waals surface area contributed by atoms with Crippen molar-refractivity contribution >= 4 is 0 Å². The number of benzene rings is 1. The van der Waals surface area contributed by atoms with E-state index in [0.717, 1.165) is 25.3 Å². The van der Waals surface area contributed by atoms with Gasteiger partial charge in [-0.05, 0) is 37.6 Å². The normalized spacial score (nSPS) is 10.6. The van der Waals surface area contributed by atoms with Crippen LogP contribution in [0.4, 0.5) is 0 Å². The third-order valence-corrected chi connectivity index (χ3v) is 2.34. The monoisotopic (exact) mass is 231 g/mol. The van der Waals surface area contributed by atoms with E-state index in [4.69, 9.17) is 4.74 Å². The van der Waals surface area contributed by atoms with Crippen LogP contribution in [-0.2, 0) is 6.54 Å². The van der Waals surface area contributed by atoms with Crippen LogP contribution in [0.15, 0.2) is 49.1 Å². The van der Waals surface area contributed by atoms with Crippen LogP contribution >= 0.6 is 0 Å². The molecule has 0 spiro atoms. The number of nitrogens with one attached hydrogen (secondary N) is 1. The summed E-state index contributed by atoms with van der Waals surface area (Å²) in [6.45, 7) is 8.13. The van der Waals surface area contributed by atoms with Gasteiger partial charge in [-0.3, -0.25) is 0 Å². The van der Waals surface area contributed by atoms with Gasteiger partial charge in [-0.1, -0.05) is 36.9 Å². The molecule has 1 N–H and O–H groups in total. The molecule has 0 aliphatic carbocycles. The highest BCUT2D eigenvalue weighted by Gasteiger charge is 1.94. The predicted molar refractivity (Wildman–Crippen MR) is 73.3 cm³/mol. The van der Waals surface area contributed by atoms with Crippen molar-refractivity contribution in [3.05, 3.63) is 54.6 Å². The summed E-state index contributed by atoms with van der Waals surface area (Å²) >= 11 is 0. The van der Waals surface area contributed by atoms with Gasteiger partial charge in [-0.25, -0.2) is 0 Å². The van der Waals surface area contributed by atoms with E-state index >= 15 is 0 Å². The van der Waals surface area contributed by atoms with E-state index in [2.05, 4.69) is 36.2 Å². The predicted octanol–water partition coefficient (Wildman–Crippen LogP) is 3.31. The maximum atomic E-state index is 5.42. The summed E-state index contributed by atoms with van der Waals surface area (Å²) in [6.07, 6.45) is 7.07. The summed E-state index contributed by atoms with van der Waals surface area (Å²) in [5, 5.41) is 3.39. The van der Waals surface area contributed by atoms with Gasteiger partial charge in [0.15, 0.2) is 0 Å². The zero-order valence-corrected chi connectivity index (χ0v) is 10.5. The van der Waals surface area contributed by atoms with E-state index in [1.165, 1.54) is 5.56 Å². The minimum Gasteiger partial charge on any atom is -0.490 e. The Morgan fingerprint density at radius 2 is 2.06 bits per heavy atom. The highest BCUT2D eigenvalue weighted by Crippen LogP contribution is 2.11. The molecule has 0 aliphatic heterocycles. The Labute approximate surface area is 104 Å². The Morgan fingerprint density at radius 1 is 1.29 bits per heavy atom. The average molecular weight is 231 g/mol. The Balaban J connectivity index is 2.27. The zero-order valence-electron chi connectivity index (χ0n) is 10.5. The second-order valence-corrected chi connectivity index (χ2v) is 3.78. The Morgan fingerprint density at radius 3 is 2.71 bits per heavy atom. The van der Waals surface area contributed by atoms with Crippen molar-refractivity contribution in [3.63, 3.8) is 0 Å². The van der Waals surface area contributed by atoms with Gasteiger partial charge in [0.2, 0.25) is 0 Å². The molecule has 0 amide bonds. The molecule has 1 aromatic carbocycles. The van der Waals surface area contributed by atoms with E-state index in [9.17, 15) is 0 Å². The fourth-order valence-electron chi connectivity index (χ4n) is 1.44. The largest absolute Gasteiger partial charge is 0.490 e. The molecule has 0 atom stereocenters. The maximum Gasteiger partial charge on any atom is 0.119 e. The van der Waals surface area contributed by atoms with Crippen LogP contribution in [0.25, 0.3) is 0 Å². The molecule has 0 radical (unpaired) electrons. The van der Waals surface area contributed by atoms with Crippen molar-refractivity contribution < 1.29 is 4.74 Å². The number of allylic oxidation sites excluding steroid dienone is 1. The number of rotatable bonds is 8.